The van der Waals surface area contributed by atoms with Crippen molar-refractivity contribution in [2.75, 3.05) is 18.4 Å². The van der Waals surface area contributed by atoms with E-state index < -0.39 is 18.5 Å². The number of carboxylic acids is 1. The first-order chi connectivity index (χ1) is 8.93. The molecule has 0 aromatic carbocycles. The first-order valence-corrected chi connectivity index (χ1v) is 5.70. The van der Waals surface area contributed by atoms with Crippen molar-refractivity contribution in [3.8, 4) is 12.3 Å². The Hall–Kier alpha value is -2.49. The minimum absolute atomic E-state index is 0.0803. The third kappa shape index (κ3) is 4.35. The number of nitrogens with zero attached hydrogens (tertiary/aromatic N) is 3. The highest BCUT2D eigenvalue weighted by Gasteiger charge is 2.16. The van der Waals surface area contributed by atoms with Crippen LogP contribution in [0.25, 0.3) is 0 Å². The maximum absolute atomic E-state index is 11.8. The van der Waals surface area contributed by atoms with Crippen LogP contribution in [0.5, 0.6) is 0 Å². The van der Waals surface area contributed by atoms with Crippen LogP contribution in [0.2, 0.25) is 0 Å². The van der Waals surface area contributed by atoms with Crippen molar-refractivity contribution >= 4 is 17.8 Å². The number of rotatable bonds is 5. The molecular formula is C12H16N4O3. The summed E-state index contributed by atoms with van der Waals surface area (Å²) < 4.78 is 1.68. The highest BCUT2D eigenvalue weighted by atomic mass is 16.4. The van der Waals surface area contributed by atoms with Gasteiger partial charge >= 0.3 is 12.0 Å². The van der Waals surface area contributed by atoms with Gasteiger partial charge in [-0.25, -0.2) is 4.79 Å². The molecule has 2 amide bonds. The van der Waals surface area contributed by atoms with Gasteiger partial charge in [0.15, 0.2) is 5.82 Å². The molecule has 1 aromatic rings. The zero-order valence-electron chi connectivity index (χ0n) is 10.8. The lowest BCUT2D eigenvalue weighted by molar-refractivity contribution is -0.137. The van der Waals surface area contributed by atoms with Crippen LogP contribution in [0, 0.1) is 12.3 Å². The van der Waals surface area contributed by atoms with Crippen molar-refractivity contribution in [2.24, 2.45) is 0 Å². The summed E-state index contributed by atoms with van der Waals surface area (Å²) in [7, 11) is 0. The molecule has 0 saturated heterocycles. The zero-order chi connectivity index (χ0) is 14.4. The molecule has 19 heavy (non-hydrogen) atoms. The van der Waals surface area contributed by atoms with E-state index in [0.717, 1.165) is 4.90 Å². The summed E-state index contributed by atoms with van der Waals surface area (Å²) in [5.74, 6) is 1.47. The van der Waals surface area contributed by atoms with Gasteiger partial charge in [-0.2, -0.15) is 5.10 Å². The Morgan fingerprint density at radius 3 is 2.79 bits per heavy atom. The van der Waals surface area contributed by atoms with Crippen LogP contribution in [0.15, 0.2) is 12.3 Å². The largest absolute Gasteiger partial charge is 0.480 e. The van der Waals surface area contributed by atoms with Crippen molar-refractivity contribution in [2.45, 2.75) is 19.9 Å². The summed E-state index contributed by atoms with van der Waals surface area (Å²) in [6.07, 6.45) is 6.82. The van der Waals surface area contributed by atoms with Crippen molar-refractivity contribution in [3.63, 3.8) is 0 Å². The van der Waals surface area contributed by atoms with Crippen LogP contribution in [0.4, 0.5) is 10.6 Å². The average molecular weight is 264 g/mol. The van der Waals surface area contributed by atoms with Crippen molar-refractivity contribution in [1.82, 2.24) is 14.7 Å². The second kappa shape index (κ2) is 6.44. The van der Waals surface area contributed by atoms with Gasteiger partial charge in [-0.1, -0.05) is 5.92 Å². The standard InChI is InChI=1S/C12H16N4O3/c1-4-6-15(8-11(17)18)12(19)13-10-5-7-16(14-10)9(2)3/h1,5,7,9H,6,8H2,2-3H3,(H,17,18)(H,13,14,19). The molecule has 1 heterocycles. The van der Waals surface area contributed by atoms with E-state index in [2.05, 4.69) is 16.3 Å². The van der Waals surface area contributed by atoms with Gasteiger partial charge in [0.25, 0.3) is 0 Å². The van der Waals surface area contributed by atoms with Crippen LogP contribution in [0.1, 0.15) is 19.9 Å². The van der Waals surface area contributed by atoms with E-state index in [1.807, 2.05) is 13.8 Å². The van der Waals surface area contributed by atoms with Gasteiger partial charge < -0.3 is 10.0 Å². The number of amides is 2. The van der Waals surface area contributed by atoms with E-state index in [4.69, 9.17) is 11.5 Å². The number of anilines is 1. The van der Waals surface area contributed by atoms with Gasteiger partial charge in [0.1, 0.15) is 6.54 Å². The van der Waals surface area contributed by atoms with Gasteiger partial charge in [-0.3, -0.25) is 14.8 Å². The van der Waals surface area contributed by atoms with Gasteiger partial charge in [0.2, 0.25) is 0 Å². The molecule has 0 spiro atoms. The predicted molar refractivity (Wildman–Crippen MR) is 69.7 cm³/mol. The van der Waals surface area contributed by atoms with E-state index in [1.54, 1.807) is 16.9 Å². The third-order valence-electron chi connectivity index (χ3n) is 2.27. The topological polar surface area (TPSA) is 87.5 Å². The summed E-state index contributed by atoms with van der Waals surface area (Å²) in [6.45, 7) is 3.37. The number of aliphatic carboxylic acids is 1. The van der Waals surface area contributed by atoms with Crippen LogP contribution in [0.3, 0.4) is 0 Å². The third-order valence-corrected chi connectivity index (χ3v) is 2.27. The molecule has 7 nitrogen and oxygen atoms in total. The van der Waals surface area contributed by atoms with Gasteiger partial charge in [0, 0.05) is 18.3 Å². The second-order valence-corrected chi connectivity index (χ2v) is 4.16. The molecule has 1 aromatic heterocycles. The average Bonchev–Trinajstić information content (AvgIpc) is 2.76. The number of aromatic nitrogens is 2. The fourth-order valence-electron chi connectivity index (χ4n) is 1.35. The zero-order valence-corrected chi connectivity index (χ0v) is 10.8. The van der Waals surface area contributed by atoms with Crippen molar-refractivity contribution in [3.05, 3.63) is 12.3 Å². The van der Waals surface area contributed by atoms with Crippen LogP contribution >= 0.6 is 0 Å². The van der Waals surface area contributed by atoms with Gasteiger partial charge in [0.05, 0.1) is 6.54 Å². The number of urea groups is 1. The Labute approximate surface area is 111 Å². The molecule has 0 radical (unpaired) electrons. The molecule has 102 valence electrons. The van der Waals surface area contributed by atoms with Crippen LogP contribution < -0.4 is 5.32 Å². The molecule has 0 aliphatic heterocycles. The van der Waals surface area contributed by atoms with Crippen LogP contribution in [-0.4, -0.2) is 44.9 Å². The molecule has 2 N–H and O–H groups in total. The van der Waals surface area contributed by atoms with Gasteiger partial charge in [-0.15, -0.1) is 6.42 Å². The number of hydrogen-bond donors (Lipinski definition) is 2. The number of nitrogens with one attached hydrogen (secondary N) is 1. The fourth-order valence-corrected chi connectivity index (χ4v) is 1.35. The number of hydrogen-bond acceptors (Lipinski definition) is 3. The normalized spacial score (nSPS) is 10.0. The number of carbonyl (C=O) groups excluding carboxylic acids is 1. The van der Waals surface area contributed by atoms with Crippen LogP contribution in [-0.2, 0) is 4.79 Å². The Kier molecular flexibility index (Phi) is 4.94. The fraction of sp³-hybridized carbons (Fsp3) is 0.417. The summed E-state index contributed by atoms with van der Waals surface area (Å²) in [5, 5.41) is 15.3. The summed E-state index contributed by atoms with van der Waals surface area (Å²) in [6, 6.07) is 1.22. The molecule has 0 aliphatic rings. The summed E-state index contributed by atoms with van der Waals surface area (Å²) in [5.41, 5.74) is 0. The number of terminal acetylenes is 1. The molecule has 0 fully saturated rings. The number of carbonyl (C=O) groups is 2. The van der Waals surface area contributed by atoms with E-state index in [0.29, 0.717) is 5.82 Å². The lowest BCUT2D eigenvalue weighted by Gasteiger charge is -2.17. The monoisotopic (exact) mass is 264 g/mol. The maximum atomic E-state index is 11.8. The Balaban J connectivity index is 2.70. The Bertz CT molecular complexity index is 501. The summed E-state index contributed by atoms with van der Waals surface area (Å²) in [4.78, 5) is 23.5. The molecular weight excluding hydrogens is 248 g/mol. The van der Waals surface area contributed by atoms with Crippen molar-refractivity contribution < 1.29 is 14.7 Å². The highest BCUT2D eigenvalue weighted by molar-refractivity contribution is 5.90. The predicted octanol–water partition coefficient (Wildman–Crippen LogP) is 1.02. The first kappa shape index (κ1) is 14.6. The van der Waals surface area contributed by atoms with E-state index in [-0.39, 0.29) is 12.6 Å². The van der Waals surface area contributed by atoms with E-state index in [1.165, 1.54) is 0 Å². The minimum atomic E-state index is -1.13. The quantitative estimate of drug-likeness (QED) is 0.777. The molecule has 1 rings (SSSR count). The Morgan fingerprint density at radius 2 is 2.32 bits per heavy atom. The van der Waals surface area contributed by atoms with Crippen molar-refractivity contribution in [1.29, 1.82) is 0 Å². The second-order valence-electron chi connectivity index (χ2n) is 4.16. The maximum Gasteiger partial charge on any atom is 0.324 e. The molecule has 0 atom stereocenters. The SMILES string of the molecule is C#CCN(CC(=O)O)C(=O)Nc1ccn(C(C)C)n1. The smallest absolute Gasteiger partial charge is 0.324 e. The number of carboxylic acid groups (broad SMARTS) is 1. The lowest BCUT2D eigenvalue weighted by atomic mass is 10.4. The molecule has 0 bridgehead atoms. The van der Waals surface area contributed by atoms with Gasteiger partial charge in [-0.05, 0) is 13.8 Å². The molecule has 0 aliphatic carbocycles. The minimum Gasteiger partial charge on any atom is -0.480 e. The molecule has 7 heteroatoms. The molecule has 0 unspecified atom stereocenters. The Morgan fingerprint density at radius 1 is 1.63 bits per heavy atom. The lowest BCUT2D eigenvalue weighted by Crippen LogP contribution is -2.39. The van der Waals surface area contributed by atoms with E-state index in [9.17, 15) is 9.59 Å². The van der Waals surface area contributed by atoms with E-state index >= 15 is 0 Å². The highest BCUT2D eigenvalue weighted by Crippen LogP contribution is 2.08. The summed E-state index contributed by atoms with van der Waals surface area (Å²) >= 11 is 0. The first-order valence-electron chi connectivity index (χ1n) is 5.70. The molecule has 0 saturated carbocycles.